The monoisotopic (exact) mass is 401 g/mol. The van der Waals surface area contributed by atoms with Crippen LogP contribution in [0.4, 0.5) is 5.95 Å². The molecule has 0 unspecified atom stereocenters. The molecule has 2 heterocycles. The third kappa shape index (κ3) is 3.36. The SMILES string of the molecule is O=C(Cn1c(=O)cnc2ccccc21)Nc1nc2ccccc2n1C1CCCCC1. The van der Waals surface area contributed by atoms with Crippen molar-refractivity contribution in [1.29, 1.82) is 0 Å². The summed E-state index contributed by atoms with van der Waals surface area (Å²) in [6.07, 6.45) is 7.04. The molecule has 0 atom stereocenters. The standard InChI is InChI=1S/C23H23N5O2/c29-21(15-27-19-12-6-4-10-17(19)24-14-22(27)30)26-23-25-18-11-5-7-13-20(18)28(23)16-8-2-1-3-9-16/h4-7,10-14,16H,1-3,8-9,15H2,(H,25,26,29). The zero-order chi connectivity index (χ0) is 20.5. The predicted octanol–water partition coefficient (Wildman–Crippen LogP) is 3.89. The third-order valence-corrected chi connectivity index (χ3v) is 5.84. The summed E-state index contributed by atoms with van der Waals surface area (Å²) in [7, 11) is 0. The summed E-state index contributed by atoms with van der Waals surface area (Å²) in [6.45, 7) is -0.0876. The first-order valence-electron chi connectivity index (χ1n) is 10.4. The minimum atomic E-state index is -0.301. The number of carbonyl (C=O) groups is 1. The van der Waals surface area contributed by atoms with Gasteiger partial charge >= 0.3 is 0 Å². The summed E-state index contributed by atoms with van der Waals surface area (Å²) < 4.78 is 3.62. The number of aromatic nitrogens is 4. The molecule has 2 aromatic carbocycles. The van der Waals surface area contributed by atoms with Gasteiger partial charge in [0.2, 0.25) is 11.9 Å². The van der Waals surface area contributed by atoms with E-state index in [1.165, 1.54) is 30.0 Å². The lowest BCUT2D eigenvalue weighted by molar-refractivity contribution is -0.116. The molecule has 1 amide bonds. The van der Waals surface area contributed by atoms with E-state index < -0.39 is 0 Å². The number of fused-ring (bicyclic) bond motifs is 2. The van der Waals surface area contributed by atoms with Crippen LogP contribution in [-0.2, 0) is 11.3 Å². The fourth-order valence-corrected chi connectivity index (χ4v) is 4.43. The molecule has 4 aromatic rings. The van der Waals surface area contributed by atoms with Gasteiger partial charge in [-0.1, -0.05) is 43.5 Å². The van der Waals surface area contributed by atoms with Crippen LogP contribution in [0.1, 0.15) is 38.1 Å². The van der Waals surface area contributed by atoms with Crippen LogP contribution in [0.5, 0.6) is 0 Å². The van der Waals surface area contributed by atoms with Crippen molar-refractivity contribution in [1.82, 2.24) is 19.1 Å². The quantitative estimate of drug-likeness (QED) is 0.562. The van der Waals surface area contributed by atoms with E-state index in [0.717, 1.165) is 23.9 Å². The number of benzene rings is 2. The molecule has 1 saturated carbocycles. The fourth-order valence-electron chi connectivity index (χ4n) is 4.43. The molecule has 2 aromatic heterocycles. The maximum absolute atomic E-state index is 12.9. The van der Waals surface area contributed by atoms with E-state index in [0.29, 0.717) is 23.0 Å². The summed E-state index contributed by atoms with van der Waals surface area (Å²) in [6, 6.07) is 15.6. The third-order valence-electron chi connectivity index (χ3n) is 5.84. The number of nitrogens with one attached hydrogen (secondary N) is 1. The van der Waals surface area contributed by atoms with Crippen molar-refractivity contribution in [2.75, 3.05) is 5.32 Å². The first-order valence-corrected chi connectivity index (χ1v) is 10.4. The molecule has 152 valence electrons. The Balaban J connectivity index is 1.48. The summed E-state index contributed by atoms with van der Waals surface area (Å²) in [5, 5.41) is 2.97. The minimum absolute atomic E-state index is 0.0876. The fraction of sp³-hybridized carbons (Fsp3) is 0.304. The van der Waals surface area contributed by atoms with Gasteiger partial charge in [0.05, 0.1) is 28.3 Å². The highest BCUT2D eigenvalue weighted by molar-refractivity contribution is 5.92. The number of hydrogen-bond donors (Lipinski definition) is 1. The van der Waals surface area contributed by atoms with Crippen molar-refractivity contribution in [3.63, 3.8) is 0 Å². The van der Waals surface area contributed by atoms with Gasteiger partial charge in [-0.25, -0.2) is 9.97 Å². The molecule has 7 nitrogen and oxygen atoms in total. The van der Waals surface area contributed by atoms with Gasteiger partial charge in [-0.3, -0.25) is 19.5 Å². The molecule has 0 saturated heterocycles. The maximum atomic E-state index is 12.9. The number of carbonyl (C=O) groups excluding carboxylic acids is 1. The summed E-state index contributed by atoms with van der Waals surface area (Å²) in [5.74, 6) is 0.278. The molecule has 30 heavy (non-hydrogen) atoms. The summed E-state index contributed by atoms with van der Waals surface area (Å²) in [5.41, 5.74) is 2.92. The Morgan fingerprint density at radius 1 is 0.967 bits per heavy atom. The highest BCUT2D eigenvalue weighted by Crippen LogP contribution is 2.34. The average molecular weight is 401 g/mol. The van der Waals surface area contributed by atoms with Crippen molar-refractivity contribution < 1.29 is 4.79 Å². The predicted molar refractivity (Wildman–Crippen MR) is 116 cm³/mol. The van der Waals surface area contributed by atoms with Crippen molar-refractivity contribution in [2.24, 2.45) is 0 Å². The van der Waals surface area contributed by atoms with E-state index in [2.05, 4.69) is 19.9 Å². The van der Waals surface area contributed by atoms with Gasteiger partial charge in [-0.2, -0.15) is 0 Å². The lowest BCUT2D eigenvalue weighted by Gasteiger charge is -2.25. The van der Waals surface area contributed by atoms with E-state index >= 15 is 0 Å². The normalized spacial score (nSPS) is 14.9. The number of anilines is 1. The summed E-state index contributed by atoms with van der Waals surface area (Å²) in [4.78, 5) is 34.2. The molecule has 0 aliphatic heterocycles. The van der Waals surface area contributed by atoms with Crippen LogP contribution in [-0.4, -0.2) is 25.0 Å². The topological polar surface area (TPSA) is 81.8 Å². The van der Waals surface area contributed by atoms with Gasteiger partial charge in [-0.05, 0) is 37.1 Å². The highest BCUT2D eigenvalue weighted by Gasteiger charge is 2.22. The van der Waals surface area contributed by atoms with Gasteiger partial charge in [0, 0.05) is 6.04 Å². The summed E-state index contributed by atoms with van der Waals surface area (Å²) >= 11 is 0. The van der Waals surface area contributed by atoms with Crippen LogP contribution in [0, 0.1) is 0 Å². The number of hydrogen-bond acceptors (Lipinski definition) is 4. The van der Waals surface area contributed by atoms with Crippen molar-refractivity contribution in [2.45, 2.75) is 44.7 Å². The Hall–Kier alpha value is -3.48. The second kappa shape index (κ2) is 7.74. The Morgan fingerprint density at radius 2 is 1.67 bits per heavy atom. The van der Waals surface area contributed by atoms with Gasteiger partial charge in [0.15, 0.2) is 0 Å². The molecule has 5 rings (SSSR count). The molecular weight excluding hydrogens is 378 g/mol. The number of para-hydroxylation sites is 4. The molecule has 0 radical (unpaired) electrons. The molecule has 0 bridgehead atoms. The lowest BCUT2D eigenvalue weighted by atomic mass is 9.95. The molecule has 0 spiro atoms. The lowest BCUT2D eigenvalue weighted by Crippen LogP contribution is -2.29. The number of nitrogens with zero attached hydrogens (tertiary/aromatic N) is 4. The number of rotatable bonds is 4. The first-order chi connectivity index (χ1) is 14.7. The van der Waals surface area contributed by atoms with Crippen molar-refractivity contribution in [3.8, 4) is 0 Å². The zero-order valence-corrected chi connectivity index (χ0v) is 16.6. The van der Waals surface area contributed by atoms with Gasteiger partial charge in [0.25, 0.3) is 5.56 Å². The average Bonchev–Trinajstić information content (AvgIpc) is 3.14. The number of amides is 1. The van der Waals surface area contributed by atoms with Gasteiger partial charge in [0.1, 0.15) is 6.54 Å². The van der Waals surface area contributed by atoms with Crippen LogP contribution in [0.2, 0.25) is 0 Å². The van der Waals surface area contributed by atoms with Gasteiger partial charge < -0.3 is 4.57 Å². The van der Waals surface area contributed by atoms with E-state index in [9.17, 15) is 9.59 Å². The van der Waals surface area contributed by atoms with Gasteiger partial charge in [-0.15, -0.1) is 0 Å². The van der Waals surface area contributed by atoms with Crippen molar-refractivity contribution >= 4 is 33.9 Å². The van der Waals surface area contributed by atoms with Crippen LogP contribution in [0.25, 0.3) is 22.1 Å². The second-order valence-corrected chi connectivity index (χ2v) is 7.81. The largest absolute Gasteiger partial charge is 0.307 e. The smallest absolute Gasteiger partial charge is 0.269 e. The molecule has 7 heteroatoms. The van der Waals surface area contributed by atoms with Crippen molar-refractivity contribution in [3.05, 3.63) is 65.1 Å². The number of imidazole rings is 1. The minimum Gasteiger partial charge on any atom is -0.307 e. The van der Waals surface area contributed by atoms with Crippen LogP contribution < -0.4 is 10.9 Å². The molecule has 1 N–H and O–H groups in total. The molecular formula is C23H23N5O2. The van der Waals surface area contributed by atoms with Crippen LogP contribution in [0.3, 0.4) is 0 Å². The Morgan fingerprint density at radius 3 is 2.47 bits per heavy atom. The zero-order valence-electron chi connectivity index (χ0n) is 16.6. The second-order valence-electron chi connectivity index (χ2n) is 7.81. The van der Waals surface area contributed by atoms with E-state index in [1.54, 1.807) is 6.07 Å². The van der Waals surface area contributed by atoms with E-state index in [-0.39, 0.29) is 18.0 Å². The maximum Gasteiger partial charge on any atom is 0.269 e. The molecule has 1 fully saturated rings. The first kappa shape index (κ1) is 18.5. The Labute approximate surface area is 173 Å². The van der Waals surface area contributed by atoms with E-state index in [4.69, 9.17) is 0 Å². The Bertz CT molecular complexity index is 1280. The Kier molecular flexibility index (Phi) is 4.78. The molecule has 1 aliphatic rings. The highest BCUT2D eigenvalue weighted by atomic mass is 16.2. The van der Waals surface area contributed by atoms with E-state index in [1.807, 2.05) is 42.5 Å². The van der Waals surface area contributed by atoms with Crippen LogP contribution in [0.15, 0.2) is 59.5 Å². The molecule has 1 aliphatic carbocycles. The van der Waals surface area contributed by atoms with Crippen LogP contribution >= 0.6 is 0 Å².